The molecule has 0 unspecified atom stereocenters. The Morgan fingerprint density at radius 3 is 1.36 bits per heavy atom. The number of halogens is 1. The first-order valence-corrected chi connectivity index (χ1v) is 14.7. The lowest BCUT2D eigenvalue weighted by atomic mass is 10.0. The van der Waals surface area contributed by atoms with Crippen LogP contribution >= 0.6 is 11.6 Å². The van der Waals surface area contributed by atoms with Crippen LogP contribution in [-0.2, 0) is 22.7 Å². The number of ether oxygens (including phenoxy) is 2. The van der Waals surface area contributed by atoms with Crippen molar-refractivity contribution in [2.45, 2.75) is 136 Å². The van der Waals surface area contributed by atoms with E-state index in [9.17, 15) is 0 Å². The number of rotatable bonds is 25. The van der Waals surface area contributed by atoms with E-state index in [4.69, 9.17) is 21.1 Å². The van der Waals surface area contributed by atoms with Crippen molar-refractivity contribution >= 4 is 11.6 Å². The van der Waals surface area contributed by atoms with Gasteiger partial charge in [0.15, 0.2) is 0 Å². The van der Waals surface area contributed by atoms with Gasteiger partial charge in [0.25, 0.3) is 0 Å². The first kappa shape index (κ1) is 30.5. The van der Waals surface area contributed by atoms with Crippen molar-refractivity contribution < 1.29 is 9.47 Å². The second kappa shape index (κ2) is 24.6. The van der Waals surface area contributed by atoms with Crippen LogP contribution in [0.15, 0.2) is 24.3 Å². The fourth-order valence-corrected chi connectivity index (χ4v) is 4.43. The molecule has 1 aromatic rings. The van der Waals surface area contributed by atoms with E-state index in [2.05, 4.69) is 31.2 Å². The monoisotopic (exact) mass is 480 g/mol. The summed E-state index contributed by atoms with van der Waals surface area (Å²) in [5.41, 5.74) is 2.47. The Morgan fingerprint density at radius 1 is 0.545 bits per heavy atom. The summed E-state index contributed by atoms with van der Waals surface area (Å²) >= 11 is 5.69. The quantitative estimate of drug-likeness (QED) is 0.102. The van der Waals surface area contributed by atoms with Crippen molar-refractivity contribution in [1.82, 2.24) is 0 Å². The molecule has 0 aliphatic rings. The third kappa shape index (κ3) is 20.5. The SMILES string of the molecule is CCCCCCCCCCCCCCCCCCOCc1cccc(COCCCCCl)c1. The van der Waals surface area contributed by atoms with Crippen molar-refractivity contribution in [2.24, 2.45) is 0 Å². The molecule has 0 fully saturated rings. The van der Waals surface area contributed by atoms with E-state index >= 15 is 0 Å². The molecule has 0 N–H and O–H groups in total. The smallest absolute Gasteiger partial charge is 0.0716 e. The van der Waals surface area contributed by atoms with Crippen molar-refractivity contribution in [3.8, 4) is 0 Å². The molecule has 1 aromatic carbocycles. The largest absolute Gasteiger partial charge is 0.377 e. The van der Waals surface area contributed by atoms with Crippen LogP contribution in [-0.4, -0.2) is 19.1 Å². The standard InChI is InChI=1S/C30H53ClO2/c1-2-3-4-5-6-7-8-9-10-11-12-13-14-15-16-18-24-32-27-29-21-20-22-30(26-29)28-33-25-19-17-23-31/h20-22,26H,2-19,23-25,27-28H2,1H3. The summed E-state index contributed by atoms with van der Waals surface area (Å²) in [6.07, 6.45) is 24.5. The minimum Gasteiger partial charge on any atom is -0.377 e. The molecule has 0 amide bonds. The number of alkyl halides is 1. The number of benzene rings is 1. The van der Waals surface area contributed by atoms with Gasteiger partial charge in [0.1, 0.15) is 0 Å². The molecule has 0 bridgehead atoms. The highest BCUT2D eigenvalue weighted by atomic mass is 35.5. The third-order valence-electron chi connectivity index (χ3n) is 6.34. The first-order chi connectivity index (χ1) is 16.4. The van der Waals surface area contributed by atoms with Gasteiger partial charge in [-0.2, -0.15) is 0 Å². The molecule has 0 aliphatic heterocycles. The maximum atomic E-state index is 5.90. The normalized spacial score (nSPS) is 11.3. The summed E-state index contributed by atoms with van der Waals surface area (Å²) in [6.45, 7) is 5.33. The van der Waals surface area contributed by atoms with Crippen molar-refractivity contribution in [2.75, 3.05) is 19.1 Å². The van der Waals surface area contributed by atoms with Crippen molar-refractivity contribution in [3.05, 3.63) is 35.4 Å². The van der Waals surface area contributed by atoms with Crippen LogP contribution < -0.4 is 0 Å². The van der Waals surface area contributed by atoms with Gasteiger partial charge >= 0.3 is 0 Å². The Kier molecular flexibility index (Phi) is 22.7. The molecule has 192 valence electrons. The van der Waals surface area contributed by atoms with E-state index in [1.54, 1.807) is 0 Å². The van der Waals surface area contributed by atoms with Crippen molar-refractivity contribution in [1.29, 1.82) is 0 Å². The predicted molar refractivity (Wildman–Crippen MR) is 145 cm³/mol. The highest BCUT2D eigenvalue weighted by Gasteiger charge is 1.99. The van der Waals surface area contributed by atoms with E-state index in [-0.39, 0.29) is 0 Å². The van der Waals surface area contributed by atoms with Gasteiger partial charge in [-0.15, -0.1) is 11.6 Å². The fraction of sp³-hybridized carbons (Fsp3) is 0.800. The molecular weight excluding hydrogens is 428 g/mol. The zero-order valence-electron chi connectivity index (χ0n) is 21.8. The van der Waals surface area contributed by atoms with Crippen LogP contribution in [0.1, 0.15) is 134 Å². The maximum Gasteiger partial charge on any atom is 0.0716 e. The summed E-state index contributed by atoms with van der Waals surface area (Å²) in [7, 11) is 0. The average Bonchev–Trinajstić information content (AvgIpc) is 2.83. The fourth-order valence-electron chi connectivity index (χ4n) is 4.24. The number of unbranched alkanes of at least 4 members (excludes halogenated alkanes) is 16. The lowest BCUT2D eigenvalue weighted by molar-refractivity contribution is 0.113. The second-order valence-electron chi connectivity index (χ2n) is 9.62. The van der Waals surface area contributed by atoms with Gasteiger partial charge in [0.05, 0.1) is 13.2 Å². The highest BCUT2D eigenvalue weighted by molar-refractivity contribution is 6.17. The van der Waals surface area contributed by atoms with Crippen LogP contribution in [0.2, 0.25) is 0 Å². The van der Waals surface area contributed by atoms with Gasteiger partial charge in [0.2, 0.25) is 0 Å². The molecule has 3 heteroatoms. The molecule has 0 aliphatic carbocycles. The molecular formula is C30H53ClO2. The molecule has 0 atom stereocenters. The third-order valence-corrected chi connectivity index (χ3v) is 6.61. The molecule has 33 heavy (non-hydrogen) atoms. The Balaban J connectivity index is 1.84. The molecule has 0 aromatic heterocycles. The Bertz CT molecular complexity index is 520. The van der Waals surface area contributed by atoms with E-state index in [0.717, 1.165) is 31.9 Å². The summed E-state index contributed by atoms with van der Waals surface area (Å²) < 4.78 is 11.6. The second-order valence-corrected chi connectivity index (χ2v) is 10.0. The van der Waals surface area contributed by atoms with Crippen LogP contribution in [0.25, 0.3) is 0 Å². The number of hydrogen-bond acceptors (Lipinski definition) is 2. The van der Waals surface area contributed by atoms with Gasteiger partial charge < -0.3 is 9.47 Å². The van der Waals surface area contributed by atoms with Crippen LogP contribution in [0.5, 0.6) is 0 Å². The molecule has 0 radical (unpaired) electrons. The Morgan fingerprint density at radius 2 is 0.939 bits per heavy atom. The molecule has 2 nitrogen and oxygen atoms in total. The first-order valence-electron chi connectivity index (χ1n) is 14.2. The van der Waals surface area contributed by atoms with Gasteiger partial charge in [-0.1, -0.05) is 128 Å². The zero-order valence-corrected chi connectivity index (χ0v) is 22.5. The molecule has 0 spiro atoms. The average molecular weight is 481 g/mol. The zero-order chi connectivity index (χ0) is 23.7. The van der Waals surface area contributed by atoms with Gasteiger partial charge in [0, 0.05) is 19.1 Å². The van der Waals surface area contributed by atoms with Gasteiger partial charge in [-0.25, -0.2) is 0 Å². The van der Waals surface area contributed by atoms with Crippen LogP contribution in [0, 0.1) is 0 Å². The van der Waals surface area contributed by atoms with E-state index in [1.165, 1.54) is 114 Å². The number of hydrogen-bond donors (Lipinski definition) is 0. The lowest BCUT2D eigenvalue weighted by Gasteiger charge is -2.08. The molecule has 0 saturated carbocycles. The Hall–Kier alpha value is -0.570. The summed E-state index contributed by atoms with van der Waals surface area (Å²) in [5, 5.41) is 0. The van der Waals surface area contributed by atoms with Gasteiger partial charge in [-0.3, -0.25) is 0 Å². The van der Waals surface area contributed by atoms with E-state index < -0.39 is 0 Å². The summed E-state index contributed by atoms with van der Waals surface area (Å²) in [5.74, 6) is 0.718. The van der Waals surface area contributed by atoms with E-state index in [1.807, 2.05) is 0 Å². The topological polar surface area (TPSA) is 18.5 Å². The lowest BCUT2D eigenvalue weighted by Crippen LogP contribution is -1.99. The maximum absolute atomic E-state index is 5.90. The van der Waals surface area contributed by atoms with Gasteiger partial charge in [-0.05, 0) is 30.4 Å². The van der Waals surface area contributed by atoms with Crippen LogP contribution in [0.3, 0.4) is 0 Å². The minimum atomic E-state index is 0.676. The minimum absolute atomic E-state index is 0.676. The summed E-state index contributed by atoms with van der Waals surface area (Å²) in [4.78, 5) is 0. The predicted octanol–water partition coefficient (Wildman–Crippen LogP) is 10.0. The Labute approximate surface area is 211 Å². The molecule has 0 heterocycles. The van der Waals surface area contributed by atoms with E-state index in [0.29, 0.717) is 13.2 Å². The van der Waals surface area contributed by atoms with Crippen molar-refractivity contribution in [3.63, 3.8) is 0 Å². The molecule has 0 saturated heterocycles. The molecule has 1 rings (SSSR count). The summed E-state index contributed by atoms with van der Waals surface area (Å²) in [6, 6.07) is 8.57. The highest BCUT2D eigenvalue weighted by Crippen LogP contribution is 2.14. The van der Waals surface area contributed by atoms with Crippen LogP contribution in [0.4, 0.5) is 0 Å².